The fourth-order valence-corrected chi connectivity index (χ4v) is 3.61. The molecule has 25 heavy (non-hydrogen) atoms. The molecule has 0 aliphatic rings. The van der Waals surface area contributed by atoms with Crippen LogP contribution in [0.5, 0.6) is 0 Å². The van der Waals surface area contributed by atoms with Gasteiger partial charge in [0.05, 0.1) is 0 Å². The highest BCUT2D eigenvalue weighted by Crippen LogP contribution is 2.29. The molecule has 0 aliphatic carbocycles. The van der Waals surface area contributed by atoms with Gasteiger partial charge in [0.1, 0.15) is 5.01 Å². The van der Waals surface area contributed by atoms with E-state index in [1.54, 1.807) is 0 Å². The molecule has 1 amide bonds. The van der Waals surface area contributed by atoms with Crippen LogP contribution in [-0.2, 0) is 0 Å². The topological polar surface area (TPSA) is 54.9 Å². The zero-order valence-corrected chi connectivity index (χ0v) is 14.4. The van der Waals surface area contributed by atoms with Crippen LogP contribution in [0.1, 0.15) is 15.9 Å². The molecule has 0 saturated carbocycles. The third-order valence-electron chi connectivity index (χ3n) is 4.06. The molecule has 5 heteroatoms. The Labute approximate surface area is 149 Å². The number of rotatable bonds is 3. The van der Waals surface area contributed by atoms with Gasteiger partial charge in [-0.25, -0.2) is 0 Å². The standard InChI is InChI=1S/C20H15N3OS/c1-13-7-2-4-10-15(13)19-22-23-20(25-19)21-18(24)17-12-6-9-14-8-3-5-11-16(14)17/h2-12H,1H3,(H,21,23,24). The number of fused-ring (bicyclic) bond motifs is 1. The molecule has 1 heterocycles. The lowest BCUT2D eigenvalue weighted by atomic mass is 10.0. The molecule has 0 fully saturated rings. The Morgan fingerprint density at radius 3 is 2.56 bits per heavy atom. The zero-order chi connectivity index (χ0) is 17.2. The molecule has 0 bridgehead atoms. The predicted octanol–water partition coefficient (Wildman–Crippen LogP) is 4.92. The Balaban J connectivity index is 1.62. The summed E-state index contributed by atoms with van der Waals surface area (Å²) in [5.74, 6) is -0.177. The van der Waals surface area contributed by atoms with E-state index in [0.717, 1.165) is 26.9 Å². The number of benzene rings is 3. The molecule has 4 rings (SSSR count). The van der Waals surface area contributed by atoms with Crippen molar-refractivity contribution in [2.24, 2.45) is 0 Å². The lowest BCUT2D eigenvalue weighted by molar-refractivity contribution is 0.102. The molecule has 1 aromatic heterocycles. The maximum absolute atomic E-state index is 12.7. The van der Waals surface area contributed by atoms with Crippen molar-refractivity contribution in [3.8, 4) is 10.6 Å². The molecule has 4 aromatic rings. The Morgan fingerprint density at radius 2 is 1.68 bits per heavy atom. The number of anilines is 1. The van der Waals surface area contributed by atoms with Gasteiger partial charge in [-0.3, -0.25) is 10.1 Å². The number of nitrogens with zero attached hydrogens (tertiary/aromatic N) is 2. The summed E-state index contributed by atoms with van der Waals surface area (Å²) in [6, 6.07) is 21.5. The van der Waals surface area contributed by atoms with Crippen LogP contribution in [0.4, 0.5) is 5.13 Å². The second-order valence-electron chi connectivity index (χ2n) is 5.71. The van der Waals surface area contributed by atoms with Gasteiger partial charge < -0.3 is 0 Å². The van der Waals surface area contributed by atoms with Gasteiger partial charge in [0.2, 0.25) is 5.13 Å². The van der Waals surface area contributed by atoms with E-state index in [1.807, 2.05) is 73.7 Å². The van der Waals surface area contributed by atoms with Gasteiger partial charge in [0.15, 0.2) is 0 Å². The minimum atomic E-state index is -0.177. The largest absolute Gasteiger partial charge is 0.296 e. The van der Waals surface area contributed by atoms with E-state index in [-0.39, 0.29) is 5.91 Å². The highest BCUT2D eigenvalue weighted by atomic mass is 32.1. The number of nitrogens with one attached hydrogen (secondary N) is 1. The van der Waals surface area contributed by atoms with Crippen LogP contribution >= 0.6 is 11.3 Å². The van der Waals surface area contributed by atoms with Crippen molar-refractivity contribution in [1.82, 2.24) is 10.2 Å². The number of aryl methyl sites for hydroxylation is 1. The molecule has 0 radical (unpaired) electrons. The van der Waals surface area contributed by atoms with Gasteiger partial charge in [0.25, 0.3) is 5.91 Å². The number of aromatic nitrogens is 2. The van der Waals surface area contributed by atoms with Gasteiger partial charge in [-0.05, 0) is 29.3 Å². The maximum atomic E-state index is 12.7. The summed E-state index contributed by atoms with van der Waals surface area (Å²) < 4.78 is 0. The van der Waals surface area contributed by atoms with Crippen molar-refractivity contribution in [2.45, 2.75) is 6.92 Å². The molecule has 0 atom stereocenters. The first-order valence-corrected chi connectivity index (χ1v) is 8.72. The Hall–Kier alpha value is -3.05. The van der Waals surface area contributed by atoms with Crippen molar-refractivity contribution < 1.29 is 4.79 Å². The van der Waals surface area contributed by atoms with Gasteiger partial charge >= 0.3 is 0 Å². The number of carbonyl (C=O) groups is 1. The smallest absolute Gasteiger partial charge is 0.258 e. The van der Waals surface area contributed by atoms with Crippen LogP contribution in [0, 0.1) is 6.92 Å². The van der Waals surface area contributed by atoms with Gasteiger partial charge in [0, 0.05) is 11.1 Å². The summed E-state index contributed by atoms with van der Waals surface area (Å²) in [4.78, 5) is 12.7. The summed E-state index contributed by atoms with van der Waals surface area (Å²) in [6.07, 6.45) is 0. The van der Waals surface area contributed by atoms with Crippen LogP contribution in [0.25, 0.3) is 21.3 Å². The van der Waals surface area contributed by atoms with Crippen molar-refractivity contribution in [3.05, 3.63) is 77.9 Å². The van der Waals surface area contributed by atoms with Crippen LogP contribution in [0.2, 0.25) is 0 Å². The highest BCUT2D eigenvalue weighted by Gasteiger charge is 2.14. The average Bonchev–Trinajstić information content (AvgIpc) is 3.09. The van der Waals surface area contributed by atoms with Crippen LogP contribution < -0.4 is 5.32 Å². The number of amides is 1. The zero-order valence-electron chi connectivity index (χ0n) is 13.6. The number of carbonyl (C=O) groups excluding carboxylic acids is 1. The van der Waals surface area contributed by atoms with Crippen molar-refractivity contribution >= 4 is 33.1 Å². The van der Waals surface area contributed by atoms with Crippen LogP contribution in [0.15, 0.2) is 66.7 Å². The Kier molecular flexibility index (Phi) is 3.99. The van der Waals surface area contributed by atoms with Crippen molar-refractivity contribution in [1.29, 1.82) is 0 Å². The lowest BCUT2D eigenvalue weighted by Crippen LogP contribution is -2.12. The summed E-state index contributed by atoms with van der Waals surface area (Å²) in [5.41, 5.74) is 2.79. The lowest BCUT2D eigenvalue weighted by Gasteiger charge is -2.05. The SMILES string of the molecule is Cc1ccccc1-c1nnc(NC(=O)c2cccc3ccccc23)s1. The van der Waals surface area contributed by atoms with Crippen molar-refractivity contribution in [3.63, 3.8) is 0 Å². The number of hydrogen-bond donors (Lipinski definition) is 1. The minimum Gasteiger partial charge on any atom is -0.296 e. The van der Waals surface area contributed by atoms with E-state index >= 15 is 0 Å². The van der Waals surface area contributed by atoms with E-state index in [2.05, 4.69) is 15.5 Å². The summed E-state index contributed by atoms with van der Waals surface area (Å²) in [5, 5.41) is 14.4. The molecule has 0 unspecified atom stereocenters. The van der Waals surface area contributed by atoms with E-state index in [9.17, 15) is 4.79 Å². The summed E-state index contributed by atoms with van der Waals surface area (Å²) in [6.45, 7) is 2.03. The minimum absolute atomic E-state index is 0.177. The first-order valence-electron chi connectivity index (χ1n) is 7.91. The monoisotopic (exact) mass is 345 g/mol. The normalized spacial score (nSPS) is 10.8. The van der Waals surface area contributed by atoms with Gasteiger partial charge in [-0.2, -0.15) is 0 Å². The second kappa shape index (κ2) is 6.45. The Bertz CT molecular complexity index is 1070. The molecule has 4 nitrogen and oxygen atoms in total. The summed E-state index contributed by atoms with van der Waals surface area (Å²) in [7, 11) is 0. The molecular weight excluding hydrogens is 330 g/mol. The van der Waals surface area contributed by atoms with Gasteiger partial charge in [-0.1, -0.05) is 72.0 Å². The fourth-order valence-electron chi connectivity index (χ4n) is 2.78. The molecule has 0 aliphatic heterocycles. The van der Waals surface area contributed by atoms with Crippen molar-refractivity contribution in [2.75, 3.05) is 5.32 Å². The molecule has 0 spiro atoms. The van der Waals surface area contributed by atoms with Gasteiger partial charge in [-0.15, -0.1) is 10.2 Å². The molecule has 122 valence electrons. The molecular formula is C20H15N3OS. The maximum Gasteiger partial charge on any atom is 0.258 e. The quantitative estimate of drug-likeness (QED) is 0.573. The first-order chi connectivity index (χ1) is 12.2. The van der Waals surface area contributed by atoms with E-state index < -0.39 is 0 Å². The van der Waals surface area contributed by atoms with Crippen LogP contribution in [-0.4, -0.2) is 16.1 Å². The molecule has 3 aromatic carbocycles. The fraction of sp³-hybridized carbons (Fsp3) is 0.0500. The number of hydrogen-bond acceptors (Lipinski definition) is 4. The predicted molar refractivity (Wildman–Crippen MR) is 102 cm³/mol. The van der Waals surface area contributed by atoms with E-state index in [4.69, 9.17) is 0 Å². The highest BCUT2D eigenvalue weighted by molar-refractivity contribution is 7.18. The third-order valence-corrected chi connectivity index (χ3v) is 4.93. The molecule has 0 saturated heterocycles. The summed E-state index contributed by atoms with van der Waals surface area (Å²) >= 11 is 1.37. The second-order valence-corrected chi connectivity index (χ2v) is 6.69. The van der Waals surface area contributed by atoms with E-state index in [0.29, 0.717) is 10.7 Å². The Morgan fingerprint density at radius 1 is 0.920 bits per heavy atom. The van der Waals surface area contributed by atoms with Crippen LogP contribution in [0.3, 0.4) is 0 Å². The third kappa shape index (κ3) is 3.02. The average molecular weight is 345 g/mol. The first kappa shape index (κ1) is 15.5. The molecule has 1 N–H and O–H groups in total. The van der Waals surface area contributed by atoms with E-state index in [1.165, 1.54) is 11.3 Å².